The average Bonchev–Trinajstić information content (AvgIpc) is 2.67. The van der Waals surface area contributed by atoms with Crippen molar-refractivity contribution in [1.29, 1.82) is 0 Å². The van der Waals surface area contributed by atoms with Crippen molar-refractivity contribution in [3.8, 4) is 0 Å². The third-order valence-corrected chi connectivity index (χ3v) is 4.68. The van der Waals surface area contributed by atoms with Gasteiger partial charge in [0.05, 0.1) is 23.6 Å². The number of dihydropyridines is 1. The molecule has 9 nitrogen and oxygen atoms in total. The smallest absolute Gasteiger partial charge is 0.335 e. The maximum Gasteiger partial charge on any atom is 0.335 e. The van der Waals surface area contributed by atoms with E-state index < -0.39 is 29.9 Å². The van der Waals surface area contributed by atoms with Crippen molar-refractivity contribution in [2.24, 2.45) is 10.9 Å². The lowest BCUT2D eigenvalue weighted by Gasteiger charge is -2.32. The molecule has 5 N–H and O–H groups in total. The SMILES string of the molecule is O=C(O)C1=CC(C2=NC=CC(C(=O)O)C2)NC(C2CC(C(=O)O)=CCN2)=C1. The Balaban J connectivity index is 1.84. The second kappa shape index (κ2) is 7.58. The predicted molar refractivity (Wildman–Crippen MR) is 95.2 cm³/mol. The van der Waals surface area contributed by atoms with Crippen LogP contribution in [0.4, 0.5) is 0 Å². The number of aliphatic imine (C=N–C) groups is 1. The first-order chi connectivity index (χ1) is 12.8. The van der Waals surface area contributed by atoms with E-state index in [9.17, 15) is 29.7 Å². The van der Waals surface area contributed by atoms with Crippen molar-refractivity contribution in [3.63, 3.8) is 0 Å². The number of aliphatic carboxylic acids is 3. The Bertz CT molecular complexity index is 836. The van der Waals surface area contributed by atoms with Gasteiger partial charge in [-0.3, -0.25) is 9.79 Å². The average molecular weight is 373 g/mol. The summed E-state index contributed by atoms with van der Waals surface area (Å²) in [7, 11) is 0. The van der Waals surface area contributed by atoms with Crippen molar-refractivity contribution in [1.82, 2.24) is 10.6 Å². The Morgan fingerprint density at radius 1 is 1.11 bits per heavy atom. The van der Waals surface area contributed by atoms with Crippen LogP contribution in [0.25, 0.3) is 0 Å². The second-order valence-electron chi connectivity index (χ2n) is 6.46. The molecule has 3 atom stereocenters. The lowest BCUT2D eigenvalue weighted by molar-refractivity contribution is -0.140. The van der Waals surface area contributed by atoms with Gasteiger partial charge in [0.1, 0.15) is 0 Å². The van der Waals surface area contributed by atoms with Gasteiger partial charge in [0.15, 0.2) is 0 Å². The highest BCUT2D eigenvalue weighted by Crippen LogP contribution is 2.23. The quantitative estimate of drug-likeness (QED) is 0.462. The molecule has 3 aliphatic rings. The molecule has 3 aliphatic heterocycles. The van der Waals surface area contributed by atoms with Crippen molar-refractivity contribution in [2.45, 2.75) is 24.9 Å². The molecular formula is C18H19N3O6. The van der Waals surface area contributed by atoms with Crippen LogP contribution in [0.3, 0.4) is 0 Å². The monoisotopic (exact) mass is 373 g/mol. The maximum atomic E-state index is 11.5. The molecule has 3 heterocycles. The van der Waals surface area contributed by atoms with Crippen LogP contribution in [0.15, 0.2) is 52.3 Å². The standard InChI is InChI=1S/C18H19N3O6/c22-16(23)9-1-3-19-12(5-9)14-7-11(18(26)27)8-15(21-14)13-6-10(17(24)25)2-4-20-13/h1-3,7-9,13-14,20-21H,4-6H2,(H,22,23)(H,24,25)(H,26,27). The second-order valence-corrected chi connectivity index (χ2v) is 6.46. The molecule has 27 heavy (non-hydrogen) atoms. The molecule has 0 aliphatic carbocycles. The normalized spacial score (nSPS) is 27.5. The molecule has 0 radical (unpaired) electrons. The summed E-state index contributed by atoms with van der Waals surface area (Å²) in [6.07, 6.45) is 7.81. The summed E-state index contributed by atoms with van der Waals surface area (Å²) in [5.74, 6) is -3.82. The lowest BCUT2D eigenvalue weighted by Crippen LogP contribution is -2.47. The van der Waals surface area contributed by atoms with Gasteiger partial charge in [0, 0.05) is 42.6 Å². The summed E-state index contributed by atoms with van der Waals surface area (Å²) in [5.41, 5.74) is 1.36. The molecule has 0 saturated carbocycles. The number of nitrogens with one attached hydrogen (secondary N) is 2. The largest absolute Gasteiger partial charge is 0.481 e. The zero-order valence-electron chi connectivity index (χ0n) is 14.3. The Labute approximate surface area is 154 Å². The molecule has 0 bridgehead atoms. The fraction of sp³-hybridized carbons (Fsp3) is 0.333. The number of hydrogen-bond acceptors (Lipinski definition) is 6. The first-order valence-corrected chi connectivity index (χ1v) is 8.40. The molecule has 0 amide bonds. The molecule has 0 saturated heterocycles. The number of rotatable bonds is 5. The molecule has 0 spiro atoms. The van der Waals surface area contributed by atoms with Gasteiger partial charge in [0.25, 0.3) is 0 Å². The van der Waals surface area contributed by atoms with Crippen molar-refractivity contribution >= 4 is 23.6 Å². The third-order valence-electron chi connectivity index (χ3n) is 4.68. The molecule has 0 fully saturated rings. The van der Waals surface area contributed by atoms with Gasteiger partial charge in [-0.25, -0.2) is 9.59 Å². The van der Waals surface area contributed by atoms with Crippen molar-refractivity contribution in [3.05, 3.63) is 47.3 Å². The minimum Gasteiger partial charge on any atom is -0.481 e. The minimum absolute atomic E-state index is 0.0473. The Morgan fingerprint density at radius 2 is 1.89 bits per heavy atom. The lowest BCUT2D eigenvalue weighted by atomic mass is 9.90. The van der Waals surface area contributed by atoms with Gasteiger partial charge < -0.3 is 26.0 Å². The predicted octanol–water partition coefficient (Wildman–Crippen LogP) is 0.285. The third kappa shape index (κ3) is 4.14. The summed E-state index contributed by atoms with van der Waals surface area (Å²) < 4.78 is 0. The van der Waals surface area contributed by atoms with Crippen LogP contribution in [0.2, 0.25) is 0 Å². The van der Waals surface area contributed by atoms with Crippen LogP contribution in [0, 0.1) is 5.92 Å². The van der Waals surface area contributed by atoms with Gasteiger partial charge in [-0.05, 0) is 12.2 Å². The van der Waals surface area contributed by atoms with Crippen LogP contribution in [0.1, 0.15) is 12.8 Å². The van der Waals surface area contributed by atoms with Gasteiger partial charge in [-0.15, -0.1) is 0 Å². The van der Waals surface area contributed by atoms with E-state index in [1.165, 1.54) is 24.4 Å². The molecule has 0 aromatic carbocycles. The van der Waals surface area contributed by atoms with E-state index in [1.54, 1.807) is 6.08 Å². The summed E-state index contributed by atoms with van der Waals surface area (Å²) in [6, 6.07) is -0.967. The zero-order valence-corrected chi connectivity index (χ0v) is 14.3. The van der Waals surface area contributed by atoms with E-state index in [4.69, 9.17) is 0 Å². The van der Waals surface area contributed by atoms with Gasteiger partial charge in [-0.2, -0.15) is 0 Å². The van der Waals surface area contributed by atoms with Crippen LogP contribution in [0.5, 0.6) is 0 Å². The molecule has 0 aromatic heterocycles. The number of hydrogen-bond donors (Lipinski definition) is 5. The Hall–Kier alpha value is -3.20. The number of nitrogens with zero attached hydrogens (tertiary/aromatic N) is 1. The van der Waals surface area contributed by atoms with Crippen LogP contribution in [-0.2, 0) is 14.4 Å². The molecule has 0 aromatic rings. The van der Waals surface area contributed by atoms with Crippen LogP contribution in [-0.4, -0.2) is 57.6 Å². The highest BCUT2D eigenvalue weighted by atomic mass is 16.4. The summed E-state index contributed by atoms with van der Waals surface area (Å²) >= 11 is 0. The van der Waals surface area contributed by atoms with E-state index in [2.05, 4.69) is 15.6 Å². The first kappa shape index (κ1) is 18.6. The Kier molecular flexibility index (Phi) is 5.22. The Morgan fingerprint density at radius 3 is 2.56 bits per heavy atom. The van der Waals surface area contributed by atoms with Crippen LogP contribution < -0.4 is 10.6 Å². The number of carboxylic acid groups (broad SMARTS) is 3. The summed E-state index contributed by atoms with van der Waals surface area (Å²) in [6.45, 7) is 0.354. The highest BCUT2D eigenvalue weighted by molar-refractivity contribution is 5.99. The molecule has 3 unspecified atom stereocenters. The number of carboxylic acids is 3. The molecular weight excluding hydrogens is 354 g/mol. The van der Waals surface area contributed by atoms with E-state index in [-0.39, 0.29) is 30.0 Å². The van der Waals surface area contributed by atoms with Crippen LogP contribution >= 0.6 is 0 Å². The minimum atomic E-state index is -1.12. The van der Waals surface area contributed by atoms with E-state index in [0.717, 1.165) is 0 Å². The van der Waals surface area contributed by atoms with Gasteiger partial charge in [-0.1, -0.05) is 12.2 Å². The highest BCUT2D eigenvalue weighted by Gasteiger charge is 2.31. The molecule has 9 heteroatoms. The molecule has 3 rings (SSSR count). The maximum absolute atomic E-state index is 11.5. The van der Waals surface area contributed by atoms with Gasteiger partial charge >= 0.3 is 17.9 Å². The topological polar surface area (TPSA) is 148 Å². The van der Waals surface area contributed by atoms with E-state index in [1.807, 2.05) is 0 Å². The molecule has 142 valence electrons. The fourth-order valence-electron chi connectivity index (χ4n) is 3.23. The van der Waals surface area contributed by atoms with Crippen molar-refractivity contribution < 1.29 is 29.7 Å². The van der Waals surface area contributed by atoms with Gasteiger partial charge in [0.2, 0.25) is 0 Å². The zero-order chi connectivity index (χ0) is 19.6. The number of carbonyl (C=O) groups is 3. The van der Waals surface area contributed by atoms with Crippen molar-refractivity contribution in [2.75, 3.05) is 6.54 Å². The van der Waals surface area contributed by atoms with E-state index >= 15 is 0 Å². The summed E-state index contributed by atoms with van der Waals surface area (Å²) in [4.78, 5) is 38.3. The summed E-state index contributed by atoms with van der Waals surface area (Å²) in [5, 5.41) is 34.2. The fourth-order valence-corrected chi connectivity index (χ4v) is 3.23. The van der Waals surface area contributed by atoms with E-state index in [0.29, 0.717) is 18.0 Å². The first-order valence-electron chi connectivity index (χ1n) is 8.40.